The van der Waals surface area contributed by atoms with Crippen LogP contribution >= 0.6 is 0 Å². The number of carboxylic acids is 1. The molecule has 9 rings (SSSR count). The van der Waals surface area contributed by atoms with Crippen LogP contribution in [0, 0.1) is 140 Å². The normalized spacial score (nSPS) is 12.0. The molecule has 0 saturated heterocycles. The van der Waals surface area contributed by atoms with Gasteiger partial charge >= 0.3 is 36.3 Å². The summed E-state index contributed by atoms with van der Waals surface area (Å²) in [7, 11) is 0. The van der Waals surface area contributed by atoms with Crippen molar-refractivity contribution in [2.45, 2.75) is 91.5 Å². The van der Waals surface area contributed by atoms with Crippen molar-refractivity contribution in [1.82, 2.24) is 5.32 Å². The average molecular weight is 1730 g/mol. The lowest BCUT2D eigenvalue weighted by Gasteiger charge is -2.29. The maximum absolute atomic E-state index is 14.0. The Morgan fingerprint density at radius 1 is 0.432 bits per heavy atom. The van der Waals surface area contributed by atoms with Crippen LogP contribution in [0.3, 0.4) is 0 Å². The van der Waals surface area contributed by atoms with E-state index in [-0.39, 0.29) is 0 Å². The second-order valence-electron chi connectivity index (χ2n) is 25.5. The third-order valence-electron chi connectivity index (χ3n) is 13.2. The van der Waals surface area contributed by atoms with Crippen molar-refractivity contribution < 1.29 is 182 Å². The molecule has 15 N–H and O–H groups in total. The minimum atomic E-state index is -4.64. The Morgan fingerprint density at radius 3 is 1.19 bits per heavy atom. The predicted molar refractivity (Wildman–Crippen MR) is 357 cm³/mol. The second-order valence-corrected chi connectivity index (χ2v) is 25.5. The molecule has 118 heavy (non-hydrogen) atoms. The van der Waals surface area contributed by atoms with Crippen LogP contribution in [0.2, 0.25) is 0 Å². The van der Waals surface area contributed by atoms with Crippen molar-refractivity contribution in [3.8, 4) is 11.1 Å². The van der Waals surface area contributed by atoms with Gasteiger partial charge in [0, 0.05) is 12.1 Å². The summed E-state index contributed by atoms with van der Waals surface area (Å²) in [5.74, 6) is -52.2. The standard InChI is InChI=1S/C20H12F4N2O.C12H12F4N2O3.C12H11F4NO4.C11H11F4NO2.C7H4F4N2O.C6H3F4N.C2HF3O/c21-14-13-18(17(24)16(23)15(14)22)25-19(26-20(13)27)12-8-6-11(7-9-12)10-4-2-1-3-5-10;1-12(2,3)21-11(20)18-9-4(10(17)19)5(13)6(14)7(15)8(9)16;1-12(2,3)21-11(20)17-9-4(10(18)19)5(13)6(14)7(15)8(9)16;1-11(2,3)18-10(17)16-6-4-5(12)7(13)9(15)8(6)14;8-2-1(7(13)14)6(12)5(11)4(10)3(2)9;7-2-1-3(11)5(9)6(10)4(2)8;3-2(4,5)1-6/h1-9,19,25H,(H,26,27);1-3H3,(H2,17,19)(H,18,20);1-3H3,(H,17,20)(H,18,19);4H,1-3H3,(H,16,17);12H2,(H2,13,14);1H,11H2;1H/p+1. The smallest absolute Gasteiger partial charge is 0.446 e. The number of ether oxygens (including phenoxy) is 3. The van der Waals surface area contributed by atoms with E-state index in [9.17, 15) is 152 Å². The van der Waals surface area contributed by atoms with Gasteiger partial charge in [-0.25, -0.2) is 129 Å². The number of fused-ring (bicyclic) bond motifs is 1. The molecular weight excluding hydrogens is 1670 g/mol. The number of alkyl halides is 3. The van der Waals surface area contributed by atoms with Crippen molar-refractivity contribution >= 4 is 82.4 Å². The summed E-state index contributed by atoms with van der Waals surface area (Å²) in [6.07, 6.45) is -10.4. The van der Waals surface area contributed by atoms with Crippen LogP contribution in [0.15, 0.2) is 66.7 Å². The van der Waals surface area contributed by atoms with Crippen molar-refractivity contribution in [3.05, 3.63) is 234 Å². The van der Waals surface area contributed by atoms with Gasteiger partial charge in [-0.3, -0.25) is 36.1 Å². The highest BCUT2D eigenvalue weighted by molar-refractivity contribution is 6.03. The first-order valence-corrected chi connectivity index (χ1v) is 31.2. The second kappa shape index (κ2) is 39.9. The third kappa shape index (κ3) is 25.9. The number of aldehydes is 1. The monoisotopic (exact) mass is 1730 g/mol. The van der Waals surface area contributed by atoms with E-state index in [0.29, 0.717) is 17.7 Å². The topological polar surface area (TPSA) is 350 Å². The maximum Gasteiger partial charge on any atom is 0.446 e. The first kappa shape index (κ1) is 99.0. The Hall–Kier alpha value is -13.2. The Bertz CT molecular complexity index is 5020. The highest BCUT2D eigenvalue weighted by Crippen LogP contribution is 2.37. The Kier molecular flexibility index (Phi) is 33.5. The molecule has 1 aliphatic rings. The number of benzene rings is 8. The fourth-order valence-corrected chi connectivity index (χ4v) is 8.36. The van der Waals surface area contributed by atoms with E-state index in [2.05, 4.69) is 16.4 Å². The summed E-state index contributed by atoms with van der Waals surface area (Å²) in [6.45, 7) is 13.4. The Balaban J connectivity index is 0.000000367. The molecule has 1 unspecified atom stereocenters. The molecule has 0 saturated carbocycles. The fourth-order valence-electron chi connectivity index (χ4n) is 8.36. The molecule has 0 aliphatic carbocycles. The molecular formula is C70H55F27N9O12+. The molecule has 48 heteroatoms. The number of nitrogen functional groups attached to an aromatic ring is 2. The minimum absolute atomic E-state index is 0.331. The van der Waals surface area contributed by atoms with Gasteiger partial charge in [-0.05, 0) is 79.0 Å². The number of quaternary nitrogens is 1. The van der Waals surface area contributed by atoms with E-state index >= 15 is 0 Å². The summed E-state index contributed by atoms with van der Waals surface area (Å²) < 4.78 is 357. The van der Waals surface area contributed by atoms with Crippen molar-refractivity contribution in [2.75, 3.05) is 32.7 Å². The third-order valence-corrected chi connectivity index (χ3v) is 13.2. The lowest BCUT2D eigenvalue weighted by molar-refractivity contribution is -0.255. The van der Waals surface area contributed by atoms with Gasteiger partial charge in [-0.15, -0.1) is 0 Å². The van der Waals surface area contributed by atoms with E-state index in [1.165, 1.54) is 41.5 Å². The van der Waals surface area contributed by atoms with E-state index in [4.69, 9.17) is 41.3 Å². The number of carbonyl (C=O) groups is 8. The lowest BCUT2D eigenvalue weighted by Crippen LogP contribution is -2.57. The zero-order valence-corrected chi connectivity index (χ0v) is 60.6. The number of carbonyl (C=O) groups excluding carboxylic acids is 7. The summed E-state index contributed by atoms with van der Waals surface area (Å²) in [5.41, 5.74) is 5.93. The lowest BCUT2D eigenvalue weighted by atomic mass is 10.0. The molecule has 640 valence electrons. The van der Waals surface area contributed by atoms with Gasteiger partial charge in [0.1, 0.15) is 50.9 Å². The van der Waals surface area contributed by atoms with Gasteiger partial charge in [0.15, 0.2) is 140 Å². The molecule has 0 bridgehead atoms. The molecule has 1 atom stereocenters. The van der Waals surface area contributed by atoms with Crippen molar-refractivity contribution in [1.29, 1.82) is 0 Å². The molecule has 1 heterocycles. The Morgan fingerprint density at radius 2 is 0.780 bits per heavy atom. The molecule has 0 fully saturated rings. The van der Waals surface area contributed by atoms with Crippen LogP contribution in [0.1, 0.15) is 115 Å². The molecule has 8 aromatic carbocycles. The zero-order valence-electron chi connectivity index (χ0n) is 60.6. The molecule has 21 nitrogen and oxygen atoms in total. The Labute approximate surface area is 643 Å². The van der Waals surface area contributed by atoms with Crippen LogP contribution in [-0.4, -0.2) is 76.3 Å². The highest BCUT2D eigenvalue weighted by Gasteiger charge is 2.38. The number of halogens is 27. The van der Waals surface area contributed by atoms with Gasteiger partial charge < -0.3 is 47.2 Å². The summed E-state index contributed by atoms with van der Waals surface area (Å²) in [4.78, 5) is 87.5. The van der Waals surface area contributed by atoms with Crippen LogP contribution in [-0.2, 0) is 19.0 Å². The van der Waals surface area contributed by atoms with E-state index in [1.807, 2.05) is 30.3 Å². The van der Waals surface area contributed by atoms with Crippen LogP contribution < -0.4 is 49.5 Å². The molecule has 8 aromatic rings. The molecule has 6 amide bonds. The number of nitrogens with two attached hydrogens (primary N) is 3. The fraction of sp³-hybridized carbons (Fsp3) is 0.200. The maximum atomic E-state index is 14.0. The minimum Gasteiger partial charge on any atom is -0.478 e. The average Bonchev–Trinajstić information content (AvgIpc) is 0.763. The number of aromatic carboxylic acids is 1. The van der Waals surface area contributed by atoms with E-state index in [0.717, 1.165) is 11.1 Å². The number of amides is 6. The zero-order chi connectivity index (χ0) is 91.1. The quantitative estimate of drug-likeness (QED) is 0.0169. The summed E-state index contributed by atoms with van der Waals surface area (Å²) in [6, 6.07) is 17.3. The number of primary amides is 1. The van der Waals surface area contributed by atoms with Crippen LogP contribution in [0.25, 0.3) is 11.1 Å². The van der Waals surface area contributed by atoms with Crippen LogP contribution in [0.5, 0.6) is 0 Å². The van der Waals surface area contributed by atoms with Gasteiger partial charge in [-0.1, -0.05) is 54.6 Å². The molecule has 0 radical (unpaired) electrons. The van der Waals surface area contributed by atoms with Gasteiger partial charge in [-0.2, -0.15) is 13.2 Å². The number of carboxylic acid groups (broad SMARTS) is 1. The number of rotatable bonds is 8. The molecule has 0 aromatic heterocycles. The summed E-state index contributed by atoms with van der Waals surface area (Å²) >= 11 is 0. The highest BCUT2D eigenvalue weighted by atomic mass is 19.4. The largest absolute Gasteiger partial charge is 0.478 e. The van der Waals surface area contributed by atoms with Crippen molar-refractivity contribution in [3.63, 3.8) is 0 Å². The number of hydrogen-bond donors (Lipinski definition) is 10. The van der Waals surface area contributed by atoms with Crippen molar-refractivity contribution in [2.24, 2.45) is 5.73 Å². The molecule has 1 aliphatic heterocycles. The summed E-state index contributed by atoms with van der Waals surface area (Å²) in [5, 5.41) is 18.7. The SMILES string of the molecule is CC(C)(C)OC(=O)Nc1c(F)c(F)c(F)c(F)c1C(=O)O.CC(C)(C)OC(=O)Nc1c(F)c(F)c(F)c(F)c1C(N)=O.CC(C)(C)OC(=O)Nc1cc(F)c(F)c(F)c1F.Nc1c(F)c(F)c(F)c(F)c1C([NH3+])=O.Nc1cc(F)c(F)c(F)c1F.O=C1NC(c2ccc(-c3ccccc3)cc2)Nc2c(F)c(F)c(F)c(F)c21.O=CC(F)(F)F. The number of hydrogen-bond acceptors (Lipinski definition) is 14. The van der Waals surface area contributed by atoms with Gasteiger partial charge in [0.05, 0.1) is 28.4 Å². The predicted octanol–water partition coefficient (Wildman–Crippen LogP) is 17.1. The van der Waals surface area contributed by atoms with Crippen LogP contribution in [0.4, 0.5) is 167 Å². The van der Waals surface area contributed by atoms with Gasteiger partial charge in [0.2, 0.25) is 6.29 Å². The first-order valence-electron chi connectivity index (χ1n) is 31.2. The first-order chi connectivity index (χ1) is 54.0. The number of anilines is 6. The van der Waals surface area contributed by atoms with E-state index in [1.54, 1.807) is 61.0 Å². The van der Waals surface area contributed by atoms with Gasteiger partial charge in [0.25, 0.3) is 11.8 Å². The molecule has 0 spiro atoms. The van der Waals surface area contributed by atoms with E-state index < -0.39 is 273 Å². The number of nitrogens with one attached hydrogen (secondary N) is 5.